The molecule has 0 radical (unpaired) electrons. The standard InChI is InChI=1S/C15H28N6O.HI/c1-16-15(18-11-14-19-12-20-21(14)2)17-9-6-10-22-13-7-4-3-5-8-13;/h12-13H,3-11H2,1-2H3,(H2,16,17,18);1H. The highest BCUT2D eigenvalue weighted by molar-refractivity contribution is 14.0. The van der Waals surface area contributed by atoms with E-state index in [1.165, 1.54) is 32.1 Å². The fraction of sp³-hybridized carbons (Fsp3) is 0.800. The molecule has 1 aliphatic carbocycles. The van der Waals surface area contributed by atoms with Crippen LogP contribution in [0.25, 0.3) is 0 Å². The van der Waals surface area contributed by atoms with Gasteiger partial charge in [0.15, 0.2) is 5.96 Å². The van der Waals surface area contributed by atoms with E-state index in [4.69, 9.17) is 4.74 Å². The third-order valence-electron chi connectivity index (χ3n) is 3.96. The average molecular weight is 436 g/mol. The summed E-state index contributed by atoms with van der Waals surface area (Å²) in [6.07, 6.45) is 9.50. The number of aliphatic imine (C=N–C) groups is 1. The minimum atomic E-state index is 0. The summed E-state index contributed by atoms with van der Waals surface area (Å²) in [5.74, 6) is 1.66. The Hall–Kier alpha value is -0.900. The Morgan fingerprint density at radius 2 is 2.13 bits per heavy atom. The molecule has 23 heavy (non-hydrogen) atoms. The van der Waals surface area contributed by atoms with Crippen LogP contribution in [0.3, 0.4) is 0 Å². The number of nitrogens with zero attached hydrogens (tertiary/aromatic N) is 4. The summed E-state index contributed by atoms with van der Waals surface area (Å²) in [6.45, 7) is 2.28. The lowest BCUT2D eigenvalue weighted by molar-refractivity contribution is 0.0277. The molecule has 1 aromatic rings. The minimum absolute atomic E-state index is 0. The molecule has 0 unspecified atom stereocenters. The highest BCUT2D eigenvalue weighted by atomic mass is 127. The zero-order valence-electron chi connectivity index (χ0n) is 14.1. The van der Waals surface area contributed by atoms with Gasteiger partial charge in [0.25, 0.3) is 0 Å². The molecule has 1 aromatic heterocycles. The second-order valence-electron chi connectivity index (χ2n) is 5.64. The molecule has 0 atom stereocenters. The van der Waals surface area contributed by atoms with Crippen LogP contribution >= 0.6 is 24.0 Å². The van der Waals surface area contributed by atoms with E-state index in [2.05, 4.69) is 25.7 Å². The van der Waals surface area contributed by atoms with Gasteiger partial charge in [-0.1, -0.05) is 19.3 Å². The first-order valence-electron chi connectivity index (χ1n) is 8.18. The zero-order valence-corrected chi connectivity index (χ0v) is 16.5. The number of ether oxygens (including phenoxy) is 1. The summed E-state index contributed by atoms with van der Waals surface area (Å²) < 4.78 is 7.66. The molecule has 0 aromatic carbocycles. The van der Waals surface area contributed by atoms with Crippen molar-refractivity contribution in [3.63, 3.8) is 0 Å². The van der Waals surface area contributed by atoms with E-state index in [1.807, 2.05) is 7.05 Å². The van der Waals surface area contributed by atoms with E-state index in [0.717, 1.165) is 31.4 Å². The highest BCUT2D eigenvalue weighted by Crippen LogP contribution is 2.20. The Balaban J connectivity index is 0.00000264. The Morgan fingerprint density at radius 3 is 2.78 bits per heavy atom. The van der Waals surface area contributed by atoms with Crippen LogP contribution in [0.5, 0.6) is 0 Å². The van der Waals surface area contributed by atoms with Crippen molar-refractivity contribution in [2.45, 2.75) is 51.2 Å². The van der Waals surface area contributed by atoms with Crippen molar-refractivity contribution in [1.29, 1.82) is 0 Å². The second-order valence-corrected chi connectivity index (χ2v) is 5.64. The van der Waals surface area contributed by atoms with Gasteiger partial charge in [-0.3, -0.25) is 9.67 Å². The summed E-state index contributed by atoms with van der Waals surface area (Å²) in [5.41, 5.74) is 0. The molecule has 8 heteroatoms. The number of aromatic nitrogens is 3. The SMILES string of the molecule is CN=C(NCCCOC1CCCCC1)NCc1ncnn1C.I. The molecule has 2 N–H and O–H groups in total. The summed E-state index contributed by atoms with van der Waals surface area (Å²) in [5, 5.41) is 10.6. The first kappa shape index (κ1) is 20.1. The molecule has 0 saturated heterocycles. The monoisotopic (exact) mass is 436 g/mol. The number of aryl methyl sites for hydroxylation is 1. The van der Waals surface area contributed by atoms with Crippen molar-refractivity contribution in [1.82, 2.24) is 25.4 Å². The lowest BCUT2D eigenvalue weighted by Crippen LogP contribution is -2.38. The van der Waals surface area contributed by atoms with Crippen molar-refractivity contribution in [2.75, 3.05) is 20.2 Å². The average Bonchev–Trinajstić information content (AvgIpc) is 2.96. The molecule has 1 heterocycles. The van der Waals surface area contributed by atoms with Gasteiger partial charge in [-0.15, -0.1) is 24.0 Å². The van der Waals surface area contributed by atoms with Crippen molar-refractivity contribution in [3.05, 3.63) is 12.2 Å². The van der Waals surface area contributed by atoms with Gasteiger partial charge < -0.3 is 15.4 Å². The molecular weight excluding hydrogens is 407 g/mol. The number of hydrogen-bond acceptors (Lipinski definition) is 4. The summed E-state index contributed by atoms with van der Waals surface area (Å²) in [6, 6.07) is 0. The van der Waals surface area contributed by atoms with Crippen molar-refractivity contribution < 1.29 is 4.74 Å². The van der Waals surface area contributed by atoms with E-state index in [0.29, 0.717) is 12.6 Å². The fourth-order valence-electron chi connectivity index (χ4n) is 2.62. The predicted octanol–water partition coefficient (Wildman–Crippen LogP) is 1.84. The quantitative estimate of drug-likeness (QED) is 0.295. The Morgan fingerprint density at radius 1 is 1.35 bits per heavy atom. The summed E-state index contributed by atoms with van der Waals surface area (Å²) in [7, 11) is 3.65. The molecule has 0 aliphatic heterocycles. The summed E-state index contributed by atoms with van der Waals surface area (Å²) in [4.78, 5) is 8.37. The fourth-order valence-corrected chi connectivity index (χ4v) is 2.62. The van der Waals surface area contributed by atoms with Crippen molar-refractivity contribution in [2.24, 2.45) is 12.0 Å². The first-order chi connectivity index (χ1) is 10.8. The molecular formula is C15H29IN6O. The van der Waals surface area contributed by atoms with Crippen LogP contribution in [0.4, 0.5) is 0 Å². The van der Waals surface area contributed by atoms with Crippen molar-refractivity contribution in [3.8, 4) is 0 Å². The van der Waals surface area contributed by atoms with E-state index in [1.54, 1.807) is 18.1 Å². The number of rotatable bonds is 7. The van der Waals surface area contributed by atoms with Crippen LogP contribution in [0.2, 0.25) is 0 Å². The molecule has 0 bridgehead atoms. The Labute approximate surface area is 155 Å². The van der Waals surface area contributed by atoms with Gasteiger partial charge in [0.05, 0.1) is 12.6 Å². The molecule has 132 valence electrons. The van der Waals surface area contributed by atoms with E-state index >= 15 is 0 Å². The van der Waals surface area contributed by atoms with Gasteiger partial charge in [0.2, 0.25) is 0 Å². The third kappa shape index (κ3) is 7.47. The smallest absolute Gasteiger partial charge is 0.191 e. The molecule has 1 aliphatic rings. The summed E-state index contributed by atoms with van der Waals surface area (Å²) >= 11 is 0. The lowest BCUT2D eigenvalue weighted by atomic mass is 9.98. The number of hydrogen-bond donors (Lipinski definition) is 2. The largest absolute Gasteiger partial charge is 0.378 e. The maximum absolute atomic E-state index is 5.91. The van der Waals surface area contributed by atoms with Crippen molar-refractivity contribution >= 4 is 29.9 Å². The molecule has 7 nitrogen and oxygen atoms in total. The van der Waals surface area contributed by atoms with Crippen LogP contribution < -0.4 is 10.6 Å². The van der Waals surface area contributed by atoms with Crippen LogP contribution in [0.1, 0.15) is 44.3 Å². The maximum atomic E-state index is 5.91. The van der Waals surface area contributed by atoms with Gasteiger partial charge >= 0.3 is 0 Å². The van der Waals surface area contributed by atoms with E-state index in [9.17, 15) is 0 Å². The minimum Gasteiger partial charge on any atom is -0.378 e. The molecule has 0 spiro atoms. The van der Waals surface area contributed by atoms with Gasteiger partial charge in [-0.2, -0.15) is 5.10 Å². The van der Waals surface area contributed by atoms with Gasteiger partial charge in [-0.05, 0) is 19.3 Å². The predicted molar refractivity (Wildman–Crippen MR) is 102 cm³/mol. The van der Waals surface area contributed by atoms with Gasteiger partial charge in [0.1, 0.15) is 12.2 Å². The number of halogens is 1. The normalized spacial score (nSPS) is 16.0. The molecule has 2 rings (SSSR count). The second kappa shape index (κ2) is 11.6. The first-order valence-corrected chi connectivity index (χ1v) is 8.18. The van der Waals surface area contributed by atoms with Crippen LogP contribution in [-0.4, -0.2) is 47.0 Å². The number of nitrogens with one attached hydrogen (secondary N) is 2. The van der Waals surface area contributed by atoms with Gasteiger partial charge in [-0.25, -0.2) is 4.98 Å². The van der Waals surface area contributed by atoms with E-state index in [-0.39, 0.29) is 24.0 Å². The van der Waals surface area contributed by atoms with E-state index < -0.39 is 0 Å². The zero-order chi connectivity index (χ0) is 15.6. The number of guanidine groups is 1. The Kier molecular flexibility index (Phi) is 10.2. The molecule has 0 amide bonds. The van der Waals surface area contributed by atoms with Gasteiger partial charge in [0, 0.05) is 27.2 Å². The molecule has 1 saturated carbocycles. The third-order valence-corrected chi connectivity index (χ3v) is 3.96. The maximum Gasteiger partial charge on any atom is 0.191 e. The van der Waals surface area contributed by atoms with Crippen LogP contribution in [-0.2, 0) is 18.3 Å². The lowest BCUT2D eigenvalue weighted by Gasteiger charge is -2.22. The van der Waals surface area contributed by atoms with Crippen LogP contribution in [0.15, 0.2) is 11.3 Å². The highest BCUT2D eigenvalue weighted by Gasteiger charge is 2.12. The Bertz CT molecular complexity index is 459. The topological polar surface area (TPSA) is 76.4 Å². The molecule has 1 fully saturated rings. The van der Waals surface area contributed by atoms with Crippen LogP contribution in [0, 0.1) is 0 Å².